The van der Waals surface area contributed by atoms with Crippen molar-refractivity contribution >= 4 is 5.97 Å². The molecule has 1 aliphatic rings. The van der Waals surface area contributed by atoms with Gasteiger partial charge in [-0.2, -0.15) is 0 Å². The normalized spacial score (nSPS) is 33.2. The van der Waals surface area contributed by atoms with Gasteiger partial charge in [-0.25, -0.2) is 0 Å². The molecule has 0 fully saturated rings. The summed E-state index contributed by atoms with van der Waals surface area (Å²) in [5.74, 6) is -0.714. The lowest BCUT2D eigenvalue weighted by molar-refractivity contribution is -0.146. The molecule has 0 aromatic carbocycles. The zero-order valence-corrected chi connectivity index (χ0v) is 7.92. The first-order valence-electron chi connectivity index (χ1n) is 4.30. The number of hydrogen-bond acceptors (Lipinski definition) is 1. The van der Waals surface area contributed by atoms with E-state index in [1.807, 2.05) is 12.2 Å². The fourth-order valence-electron chi connectivity index (χ4n) is 1.34. The highest BCUT2D eigenvalue weighted by atomic mass is 16.4. The molecule has 0 aromatic rings. The second kappa shape index (κ2) is 2.61. The van der Waals surface area contributed by atoms with Crippen LogP contribution in [0.2, 0.25) is 0 Å². The average Bonchev–Trinajstić information content (AvgIpc) is 1.96. The Bertz CT molecular complexity index is 228. The summed E-state index contributed by atoms with van der Waals surface area (Å²) in [6, 6.07) is 0. The number of carboxylic acids is 1. The summed E-state index contributed by atoms with van der Waals surface area (Å²) in [6.07, 6.45) is 5.54. The van der Waals surface area contributed by atoms with Crippen molar-refractivity contribution in [2.75, 3.05) is 0 Å². The Morgan fingerprint density at radius 1 is 1.25 bits per heavy atom. The van der Waals surface area contributed by atoms with Gasteiger partial charge in [-0.15, -0.1) is 0 Å². The maximum absolute atomic E-state index is 10.8. The number of carboxylic acid groups (broad SMARTS) is 1. The van der Waals surface area contributed by atoms with Gasteiger partial charge in [-0.3, -0.25) is 4.79 Å². The highest BCUT2D eigenvalue weighted by Crippen LogP contribution is 2.39. The molecule has 0 aliphatic heterocycles. The van der Waals surface area contributed by atoms with Gasteiger partial charge in [-0.05, 0) is 25.2 Å². The third kappa shape index (κ3) is 1.68. The van der Waals surface area contributed by atoms with Crippen LogP contribution in [-0.2, 0) is 4.79 Å². The van der Waals surface area contributed by atoms with Gasteiger partial charge in [0.15, 0.2) is 0 Å². The molecule has 0 amide bonds. The minimum atomic E-state index is -0.714. The summed E-state index contributed by atoms with van der Waals surface area (Å²) in [4.78, 5) is 10.8. The fourth-order valence-corrected chi connectivity index (χ4v) is 1.34. The van der Waals surface area contributed by atoms with Gasteiger partial charge < -0.3 is 5.11 Å². The first kappa shape index (κ1) is 9.30. The Labute approximate surface area is 73.3 Å². The van der Waals surface area contributed by atoms with Crippen LogP contribution < -0.4 is 0 Å². The molecule has 1 aliphatic carbocycles. The van der Waals surface area contributed by atoms with Gasteiger partial charge in [0.25, 0.3) is 0 Å². The van der Waals surface area contributed by atoms with Crippen LogP contribution in [0.15, 0.2) is 12.2 Å². The lowest BCUT2D eigenvalue weighted by Gasteiger charge is -2.32. The fraction of sp³-hybridized carbons (Fsp3) is 0.700. The maximum Gasteiger partial charge on any atom is 0.313 e. The molecule has 1 N–H and O–H groups in total. The van der Waals surface area contributed by atoms with Crippen molar-refractivity contribution in [2.45, 2.75) is 33.6 Å². The van der Waals surface area contributed by atoms with Crippen LogP contribution in [0.4, 0.5) is 0 Å². The van der Waals surface area contributed by atoms with E-state index in [4.69, 9.17) is 5.11 Å². The smallest absolute Gasteiger partial charge is 0.313 e. The SMILES string of the molecule is CC1(C)C=CC(C)(C(=O)O)CC1. The molecular formula is C10H16O2. The molecule has 0 saturated carbocycles. The predicted molar refractivity (Wildman–Crippen MR) is 47.9 cm³/mol. The van der Waals surface area contributed by atoms with Gasteiger partial charge in [0.05, 0.1) is 5.41 Å². The lowest BCUT2D eigenvalue weighted by atomic mass is 9.72. The zero-order valence-electron chi connectivity index (χ0n) is 7.92. The quantitative estimate of drug-likeness (QED) is 0.610. The first-order valence-corrected chi connectivity index (χ1v) is 4.30. The van der Waals surface area contributed by atoms with Crippen LogP contribution in [0.3, 0.4) is 0 Å². The Morgan fingerprint density at radius 2 is 1.83 bits per heavy atom. The molecule has 0 spiro atoms. The molecule has 1 unspecified atom stereocenters. The van der Waals surface area contributed by atoms with Gasteiger partial charge >= 0.3 is 5.97 Å². The topological polar surface area (TPSA) is 37.3 Å². The second-order valence-electron chi connectivity index (χ2n) is 4.54. The van der Waals surface area contributed by atoms with E-state index in [1.165, 1.54) is 0 Å². The zero-order chi connectivity index (χ0) is 9.41. The standard InChI is InChI=1S/C10H16O2/c1-9(2)4-6-10(3,7-5-9)8(11)12/h4,6H,5,7H2,1-3H3,(H,11,12). The summed E-state index contributed by atoms with van der Waals surface area (Å²) in [6.45, 7) is 6.04. The summed E-state index contributed by atoms with van der Waals surface area (Å²) in [7, 11) is 0. The van der Waals surface area contributed by atoms with E-state index >= 15 is 0 Å². The molecule has 68 valence electrons. The van der Waals surface area contributed by atoms with Crippen LogP contribution in [0, 0.1) is 10.8 Å². The summed E-state index contributed by atoms with van der Waals surface area (Å²) < 4.78 is 0. The molecule has 1 rings (SSSR count). The van der Waals surface area contributed by atoms with Crippen molar-refractivity contribution < 1.29 is 9.90 Å². The number of hydrogen-bond donors (Lipinski definition) is 1. The monoisotopic (exact) mass is 168 g/mol. The Balaban J connectivity index is 2.84. The van der Waals surface area contributed by atoms with Gasteiger partial charge in [-0.1, -0.05) is 26.0 Å². The van der Waals surface area contributed by atoms with Crippen LogP contribution in [0.25, 0.3) is 0 Å². The molecular weight excluding hydrogens is 152 g/mol. The van der Waals surface area contributed by atoms with Crippen molar-refractivity contribution in [1.82, 2.24) is 0 Å². The van der Waals surface area contributed by atoms with Crippen molar-refractivity contribution in [3.63, 3.8) is 0 Å². The Kier molecular flexibility index (Phi) is 2.02. The van der Waals surface area contributed by atoms with E-state index in [2.05, 4.69) is 13.8 Å². The number of rotatable bonds is 1. The lowest BCUT2D eigenvalue weighted by Crippen LogP contribution is -2.30. The van der Waals surface area contributed by atoms with E-state index in [0.29, 0.717) is 0 Å². The first-order chi connectivity index (χ1) is 5.36. The minimum absolute atomic E-state index is 0.176. The van der Waals surface area contributed by atoms with Crippen LogP contribution in [0.1, 0.15) is 33.6 Å². The van der Waals surface area contributed by atoms with Crippen LogP contribution >= 0.6 is 0 Å². The number of aliphatic carboxylic acids is 1. The summed E-state index contributed by atoms with van der Waals surface area (Å²) in [5, 5.41) is 8.92. The molecule has 0 aromatic heterocycles. The molecule has 0 saturated heterocycles. The summed E-state index contributed by atoms with van der Waals surface area (Å²) >= 11 is 0. The highest BCUT2D eigenvalue weighted by molar-refractivity contribution is 5.76. The Morgan fingerprint density at radius 3 is 2.17 bits per heavy atom. The summed E-state index contributed by atoms with van der Waals surface area (Å²) in [5.41, 5.74) is -0.454. The van der Waals surface area contributed by atoms with E-state index < -0.39 is 11.4 Å². The second-order valence-corrected chi connectivity index (χ2v) is 4.54. The molecule has 2 nitrogen and oxygen atoms in total. The molecule has 12 heavy (non-hydrogen) atoms. The van der Waals surface area contributed by atoms with E-state index in [1.54, 1.807) is 6.92 Å². The van der Waals surface area contributed by atoms with Crippen LogP contribution in [-0.4, -0.2) is 11.1 Å². The molecule has 0 heterocycles. The number of carbonyl (C=O) groups is 1. The third-order valence-corrected chi connectivity index (χ3v) is 2.68. The van der Waals surface area contributed by atoms with Crippen molar-refractivity contribution in [1.29, 1.82) is 0 Å². The minimum Gasteiger partial charge on any atom is -0.481 e. The van der Waals surface area contributed by atoms with Crippen molar-refractivity contribution in [3.8, 4) is 0 Å². The maximum atomic E-state index is 10.8. The average molecular weight is 168 g/mol. The van der Waals surface area contributed by atoms with Gasteiger partial charge in [0.2, 0.25) is 0 Å². The Hall–Kier alpha value is -0.790. The van der Waals surface area contributed by atoms with Gasteiger partial charge in [0.1, 0.15) is 0 Å². The van der Waals surface area contributed by atoms with Crippen molar-refractivity contribution in [2.24, 2.45) is 10.8 Å². The molecule has 0 bridgehead atoms. The third-order valence-electron chi connectivity index (χ3n) is 2.68. The molecule has 1 atom stereocenters. The van der Waals surface area contributed by atoms with Crippen molar-refractivity contribution in [3.05, 3.63) is 12.2 Å². The van der Waals surface area contributed by atoms with Gasteiger partial charge in [0, 0.05) is 0 Å². The van der Waals surface area contributed by atoms with Crippen LogP contribution in [0.5, 0.6) is 0 Å². The van der Waals surface area contributed by atoms with E-state index in [9.17, 15) is 4.79 Å². The number of allylic oxidation sites excluding steroid dienone is 1. The largest absolute Gasteiger partial charge is 0.481 e. The highest BCUT2D eigenvalue weighted by Gasteiger charge is 2.35. The predicted octanol–water partition coefficient (Wildman–Crippen LogP) is 2.45. The molecule has 2 heteroatoms. The van der Waals surface area contributed by atoms with E-state index in [-0.39, 0.29) is 5.41 Å². The van der Waals surface area contributed by atoms with E-state index in [0.717, 1.165) is 12.8 Å². The molecule has 0 radical (unpaired) electrons.